The number of ether oxygens (including phenoxy) is 2. The highest BCUT2D eigenvalue weighted by atomic mass is 16.5. The van der Waals surface area contributed by atoms with Crippen LogP contribution in [0.5, 0.6) is 0 Å². The van der Waals surface area contributed by atoms with Crippen molar-refractivity contribution in [2.24, 2.45) is 45.3 Å². The molecule has 5 fully saturated rings. The van der Waals surface area contributed by atoms with Gasteiger partial charge >= 0.3 is 11.9 Å². The van der Waals surface area contributed by atoms with Gasteiger partial charge in [0.2, 0.25) is 0 Å². The minimum Gasteiger partial charge on any atom is -0.462 e. The average Bonchev–Trinajstić information content (AvgIpc) is 3.95. The number of benzene rings is 2. The van der Waals surface area contributed by atoms with Crippen molar-refractivity contribution in [1.29, 1.82) is 0 Å². The quantitative estimate of drug-likeness (QED) is 0.120. The topological polar surface area (TPSA) is 113 Å². The van der Waals surface area contributed by atoms with Crippen LogP contribution in [0.4, 0.5) is 0 Å². The van der Waals surface area contributed by atoms with Crippen LogP contribution in [0.25, 0.3) is 0 Å². The van der Waals surface area contributed by atoms with E-state index in [1.807, 2.05) is 6.92 Å². The Hall–Kier alpha value is -3.44. The lowest BCUT2D eigenvalue weighted by atomic mass is 9.35. The number of aryl methyl sites for hydroxylation is 1. The molecule has 2 aliphatic heterocycles. The Morgan fingerprint density at radius 2 is 1.54 bits per heavy atom. The lowest BCUT2D eigenvalue weighted by Crippen LogP contribution is -2.79. The molecule has 67 heavy (non-hydrogen) atoms. The minimum atomic E-state index is -1.68. The molecule has 7 nitrogen and oxygen atoms in total. The third-order valence-corrected chi connectivity index (χ3v) is 20.1. The van der Waals surface area contributed by atoms with Crippen molar-refractivity contribution in [3.63, 3.8) is 0 Å². The number of esters is 2. The second-order valence-electron chi connectivity index (χ2n) is 24.0. The summed E-state index contributed by atoms with van der Waals surface area (Å²) in [6, 6.07) is 22.0. The van der Waals surface area contributed by atoms with Crippen LogP contribution >= 0.6 is 0 Å². The summed E-state index contributed by atoms with van der Waals surface area (Å²) in [5, 5.41) is 40.7. The molecule has 10 unspecified atom stereocenters. The van der Waals surface area contributed by atoms with Crippen molar-refractivity contribution in [1.82, 2.24) is 0 Å². The summed E-state index contributed by atoms with van der Waals surface area (Å²) in [6.45, 7) is 6.80. The molecule has 2 bridgehead atoms. The van der Waals surface area contributed by atoms with E-state index in [-0.39, 0.29) is 37.3 Å². The molecule has 0 saturated heterocycles. The van der Waals surface area contributed by atoms with Gasteiger partial charge < -0.3 is 24.8 Å². The van der Waals surface area contributed by atoms with Gasteiger partial charge in [-0.05, 0) is 173 Å². The van der Waals surface area contributed by atoms with Crippen LogP contribution in [0.2, 0.25) is 0 Å². The summed E-state index contributed by atoms with van der Waals surface area (Å²) in [7, 11) is 0. The van der Waals surface area contributed by atoms with Crippen LogP contribution < -0.4 is 0 Å². The van der Waals surface area contributed by atoms with E-state index in [0.717, 1.165) is 56.4 Å². The van der Waals surface area contributed by atoms with Gasteiger partial charge in [-0.3, -0.25) is 4.79 Å². The molecule has 10 atom stereocenters. The second-order valence-corrected chi connectivity index (χ2v) is 24.0. The monoisotopic (exact) mass is 915 g/mol. The first-order valence-corrected chi connectivity index (χ1v) is 27.0. The zero-order valence-electron chi connectivity index (χ0n) is 41.3. The molecule has 0 radical (unpaired) electrons. The predicted octanol–water partition coefficient (Wildman–Crippen LogP) is 11.9. The highest BCUT2D eigenvalue weighted by molar-refractivity contribution is 5.85. The average molecular weight is 915 g/mol. The maximum absolute atomic E-state index is 14.2. The standard InChI is InChI=1S/C60H82O7/c1-43(16-15-19-44-17-7-4-8-18-44)23-24-50(61)60-51(62)29-33-56(3,54(60)49-41-55(2,30-14-11-22-52(63)67-49)59(60,65)37-26-45-38-53(64)66-42-45)47-27-35-57(36-28-47)34-25-46(39-57)40-58(31-12-6-13-32-58)48-20-9-5-10-21-48/h4-5,7-10,17-18,20-21,38,43,46-47,49-51,54,61-62,65H,6,11-13,15-16,19,22-29,31-37,39-42H2,1-3H3. The van der Waals surface area contributed by atoms with Crippen LogP contribution in [0, 0.1) is 57.2 Å². The maximum atomic E-state index is 14.2. The van der Waals surface area contributed by atoms with E-state index in [2.05, 4.69) is 86.4 Å². The normalized spacial score (nSPS) is 37.9. The van der Waals surface area contributed by atoms with E-state index in [1.165, 1.54) is 82.3 Å². The van der Waals surface area contributed by atoms with E-state index in [1.54, 1.807) is 5.56 Å². The smallest absolute Gasteiger partial charge is 0.331 e. The summed E-state index contributed by atoms with van der Waals surface area (Å²) >= 11 is 0. The fourth-order valence-electron chi connectivity index (χ4n) is 16.6. The lowest BCUT2D eigenvalue weighted by Gasteiger charge is -2.72. The van der Waals surface area contributed by atoms with Gasteiger partial charge in [0.05, 0.1) is 35.1 Å². The number of aliphatic hydroxyl groups excluding tert-OH is 2. The van der Waals surface area contributed by atoms with E-state index in [9.17, 15) is 24.9 Å². The van der Waals surface area contributed by atoms with Gasteiger partial charge in [-0.25, -0.2) is 4.79 Å². The van der Waals surface area contributed by atoms with Crippen molar-refractivity contribution in [2.75, 3.05) is 6.61 Å². The number of hydrogen-bond acceptors (Lipinski definition) is 7. The summed E-state index contributed by atoms with van der Waals surface area (Å²) in [5.41, 5.74) is -0.366. The van der Waals surface area contributed by atoms with Crippen molar-refractivity contribution < 1.29 is 34.4 Å². The molecule has 2 aromatic rings. The van der Waals surface area contributed by atoms with Gasteiger partial charge in [-0.1, -0.05) is 106 Å². The Morgan fingerprint density at radius 1 is 0.821 bits per heavy atom. The van der Waals surface area contributed by atoms with Crippen molar-refractivity contribution in [3.05, 3.63) is 83.4 Å². The molecule has 7 aliphatic rings. The zero-order chi connectivity index (χ0) is 46.9. The van der Waals surface area contributed by atoms with Crippen molar-refractivity contribution in [2.45, 2.75) is 211 Å². The fraction of sp³-hybridized carbons (Fsp3) is 0.700. The van der Waals surface area contributed by atoms with Crippen molar-refractivity contribution in [3.8, 4) is 11.8 Å². The molecular formula is C60H82O7. The maximum Gasteiger partial charge on any atom is 0.331 e. The van der Waals surface area contributed by atoms with E-state index in [4.69, 9.17) is 9.47 Å². The Bertz CT molecular complexity index is 2120. The molecule has 2 aromatic carbocycles. The number of carbonyl (C=O) groups is 2. The van der Waals surface area contributed by atoms with Gasteiger partial charge in [0.15, 0.2) is 0 Å². The minimum absolute atomic E-state index is 0.172. The third-order valence-electron chi connectivity index (χ3n) is 20.1. The molecule has 0 amide bonds. The number of hydrogen-bond donors (Lipinski definition) is 3. The van der Waals surface area contributed by atoms with E-state index in [0.29, 0.717) is 48.9 Å². The van der Waals surface area contributed by atoms with Gasteiger partial charge in [-0.15, -0.1) is 5.92 Å². The predicted molar refractivity (Wildman–Crippen MR) is 263 cm³/mol. The van der Waals surface area contributed by atoms with Gasteiger partial charge in [0.1, 0.15) is 12.7 Å². The third kappa shape index (κ3) is 9.24. The Kier molecular flexibility index (Phi) is 14.3. The largest absolute Gasteiger partial charge is 0.462 e. The highest BCUT2D eigenvalue weighted by Crippen LogP contribution is 2.72. The summed E-state index contributed by atoms with van der Waals surface area (Å²) in [5.74, 6) is 6.97. The van der Waals surface area contributed by atoms with Crippen LogP contribution in [0.3, 0.4) is 0 Å². The molecule has 2 heterocycles. The van der Waals surface area contributed by atoms with E-state index >= 15 is 0 Å². The number of aliphatic hydroxyl groups is 3. The Labute approximate surface area is 402 Å². The fourth-order valence-corrected chi connectivity index (χ4v) is 16.6. The molecule has 1 spiro atoms. The Balaban J connectivity index is 1.02. The number of cyclic esters (lactones) is 1. The number of rotatable bonds is 15. The van der Waals surface area contributed by atoms with Crippen LogP contribution in [0.15, 0.2) is 72.3 Å². The van der Waals surface area contributed by atoms with Crippen LogP contribution in [-0.4, -0.2) is 57.8 Å². The number of carbonyl (C=O) groups excluding carboxylic acids is 2. The van der Waals surface area contributed by atoms with Gasteiger partial charge in [0.25, 0.3) is 0 Å². The molecule has 5 saturated carbocycles. The molecular weight excluding hydrogens is 833 g/mol. The second kappa shape index (κ2) is 19.8. The van der Waals surface area contributed by atoms with Gasteiger partial charge in [-0.2, -0.15) is 0 Å². The lowest BCUT2D eigenvalue weighted by molar-refractivity contribution is -0.339. The molecule has 9 rings (SSSR count). The first-order valence-electron chi connectivity index (χ1n) is 27.0. The summed E-state index contributed by atoms with van der Waals surface area (Å²) in [6.07, 6.45) is 21.8. The first kappa shape index (κ1) is 48.6. The molecule has 3 N–H and O–H groups in total. The zero-order valence-corrected chi connectivity index (χ0v) is 41.3. The van der Waals surface area contributed by atoms with Gasteiger partial charge in [0, 0.05) is 24.8 Å². The van der Waals surface area contributed by atoms with Crippen molar-refractivity contribution >= 4 is 11.9 Å². The summed E-state index contributed by atoms with van der Waals surface area (Å²) in [4.78, 5) is 26.2. The molecule has 7 heteroatoms. The first-order chi connectivity index (χ1) is 32.2. The molecule has 0 aromatic heterocycles. The van der Waals surface area contributed by atoms with Crippen LogP contribution in [0.1, 0.15) is 186 Å². The van der Waals surface area contributed by atoms with E-state index < -0.39 is 46.1 Å². The molecule has 364 valence electrons. The summed E-state index contributed by atoms with van der Waals surface area (Å²) < 4.78 is 12.0. The Morgan fingerprint density at radius 3 is 2.25 bits per heavy atom. The SMILES string of the molecule is CC(CCCc1ccccc1)CCC(O)C12C(O)CCC(C)(C3CCC4(CCC(CC5(c6ccccc6)CCCCC5)C4)CC3)C1C1CC(C)(C#CCCC(=O)O1)C2(O)CCC1=CC(=O)OC1. The highest BCUT2D eigenvalue weighted by Gasteiger charge is 2.78. The molecule has 5 aliphatic carbocycles. The van der Waals surface area contributed by atoms with Crippen LogP contribution in [-0.2, 0) is 30.9 Å². The number of fused-ring (bicyclic) bond motifs is 4.